The second-order valence-electron chi connectivity index (χ2n) is 7.88. The summed E-state index contributed by atoms with van der Waals surface area (Å²) in [6.07, 6.45) is 5.18. The van der Waals surface area contributed by atoms with Crippen LogP contribution < -0.4 is 19.7 Å². The Balaban J connectivity index is 1.30. The lowest BCUT2D eigenvalue weighted by molar-refractivity contribution is -0.126. The zero-order valence-corrected chi connectivity index (χ0v) is 19.6. The number of methoxy groups -OCH3 is 2. The summed E-state index contributed by atoms with van der Waals surface area (Å²) in [5, 5.41) is 11.7. The molecular weight excluding hydrogens is 432 g/mol. The van der Waals surface area contributed by atoms with Crippen LogP contribution in [-0.4, -0.2) is 66.4 Å². The number of nitrogens with one attached hydrogen (secondary N) is 1. The number of amides is 1. The average Bonchev–Trinajstić information content (AvgIpc) is 2.89. The lowest BCUT2D eigenvalue weighted by atomic mass is 10.2. The number of ether oxygens (including phenoxy) is 2. The first-order valence-electron chi connectivity index (χ1n) is 11.0. The quantitative estimate of drug-likeness (QED) is 0.537. The van der Waals surface area contributed by atoms with Gasteiger partial charge in [0.05, 0.1) is 14.2 Å². The van der Waals surface area contributed by atoms with Gasteiger partial charge in [-0.2, -0.15) is 0 Å². The van der Waals surface area contributed by atoms with Crippen LogP contribution in [0.1, 0.15) is 11.1 Å². The number of aryl methyl sites for hydroxylation is 1. The van der Waals surface area contributed by atoms with Crippen LogP contribution in [0.4, 0.5) is 17.5 Å². The normalized spacial score (nSPS) is 13.7. The molecule has 3 aromatic rings. The van der Waals surface area contributed by atoms with E-state index in [0.717, 1.165) is 22.8 Å². The average molecular weight is 461 g/mol. The Morgan fingerprint density at radius 2 is 1.71 bits per heavy atom. The van der Waals surface area contributed by atoms with Gasteiger partial charge in [-0.25, -0.2) is 4.98 Å². The van der Waals surface area contributed by atoms with E-state index in [0.29, 0.717) is 43.5 Å². The number of carbonyl (C=O) groups is 1. The molecule has 1 N–H and O–H groups in total. The van der Waals surface area contributed by atoms with Gasteiger partial charge in [0.1, 0.15) is 5.82 Å². The summed E-state index contributed by atoms with van der Waals surface area (Å²) in [6, 6.07) is 13.2. The summed E-state index contributed by atoms with van der Waals surface area (Å²) < 4.78 is 10.6. The van der Waals surface area contributed by atoms with Gasteiger partial charge in [-0.1, -0.05) is 12.1 Å². The molecule has 176 valence electrons. The van der Waals surface area contributed by atoms with Gasteiger partial charge in [-0.05, 0) is 54.5 Å². The fourth-order valence-corrected chi connectivity index (χ4v) is 3.62. The Kier molecular flexibility index (Phi) is 7.22. The van der Waals surface area contributed by atoms with Gasteiger partial charge >= 0.3 is 0 Å². The van der Waals surface area contributed by atoms with Crippen molar-refractivity contribution in [2.24, 2.45) is 0 Å². The maximum Gasteiger partial charge on any atom is 0.246 e. The summed E-state index contributed by atoms with van der Waals surface area (Å²) >= 11 is 0. The summed E-state index contributed by atoms with van der Waals surface area (Å²) in [5.41, 5.74) is 1.97. The molecule has 0 atom stereocenters. The lowest BCUT2D eigenvalue weighted by Crippen LogP contribution is -2.48. The minimum absolute atomic E-state index is 0.0225. The van der Waals surface area contributed by atoms with E-state index in [1.54, 1.807) is 32.6 Å². The molecule has 0 unspecified atom stereocenters. The third-order valence-corrected chi connectivity index (χ3v) is 5.56. The molecule has 1 fully saturated rings. The van der Waals surface area contributed by atoms with E-state index < -0.39 is 0 Å². The number of piperazine rings is 1. The maximum atomic E-state index is 12.7. The Labute approximate surface area is 199 Å². The van der Waals surface area contributed by atoms with Crippen molar-refractivity contribution in [2.45, 2.75) is 6.92 Å². The fraction of sp³-hybridized carbons (Fsp3) is 0.280. The summed E-state index contributed by atoms with van der Waals surface area (Å²) in [5.74, 6) is 3.40. The molecule has 4 rings (SSSR count). The number of nitrogens with zero attached hydrogens (tertiary/aromatic N) is 5. The molecule has 1 saturated heterocycles. The van der Waals surface area contributed by atoms with E-state index in [1.165, 1.54) is 0 Å². The molecule has 0 spiro atoms. The molecule has 2 aromatic heterocycles. The molecule has 1 aliphatic rings. The highest BCUT2D eigenvalue weighted by Gasteiger charge is 2.21. The molecule has 34 heavy (non-hydrogen) atoms. The van der Waals surface area contributed by atoms with Crippen molar-refractivity contribution in [3.8, 4) is 11.5 Å². The van der Waals surface area contributed by atoms with Crippen LogP contribution in [0.15, 0.2) is 54.7 Å². The molecule has 9 heteroatoms. The van der Waals surface area contributed by atoms with Crippen LogP contribution >= 0.6 is 0 Å². The monoisotopic (exact) mass is 460 g/mol. The Morgan fingerprint density at radius 1 is 0.941 bits per heavy atom. The molecular formula is C25H28N6O3. The molecule has 0 bridgehead atoms. The number of benzene rings is 1. The third-order valence-electron chi connectivity index (χ3n) is 5.56. The van der Waals surface area contributed by atoms with Gasteiger partial charge in [0.2, 0.25) is 5.91 Å². The maximum absolute atomic E-state index is 12.7. The topological polar surface area (TPSA) is 92.7 Å². The minimum Gasteiger partial charge on any atom is -0.493 e. The number of rotatable bonds is 7. The van der Waals surface area contributed by atoms with E-state index in [1.807, 2.05) is 54.3 Å². The number of carbonyl (C=O) groups excluding carboxylic acids is 1. The van der Waals surface area contributed by atoms with Crippen LogP contribution in [0.2, 0.25) is 0 Å². The van der Waals surface area contributed by atoms with E-state index >= 15 is 0 Å². The second kappa shape index (κ2) is 10.7. The number of hydrogen-bond acceptors (Lipinski definition) is 8. The Morgan fingerprint density at radius 3 is 2.35 bits per heavy atom. The van der Waals surface area contributed by atoms with Gasteiger partial charge in [-0.3, -0.25) is 4.79 Å². The van der Waals surface area contributed by atoms with Crippen LogP contribution in [-0.2, 0) is 4.79 Å². The van der Waals surface area contributed by atoms with E-state index in [4.69, 9.17) is 9.47 Å². The van der Waals surface area contributed by atoms with E-state index in [9.17, 15) is 4.79 Å². The Bertz CT molecular complexity index is 1140. The smallest absolute Gasteiger partial charge is 0.246 e. The van der Waals surface area contributed by atoms with Gasteiger partial charge in [0, 0.05) is 38.5 Å². The van der Waals surface area contributed by atoms with Crippen molar-refractivity contribution in [1.29, 1.82) is 0 Å². The van der Waals surface area contributed by atoms with Crippen molar-refractivity contribution in [3.05, 3.63) is 65.9 Å². The largest absolute Gasteiger partial charge is 0.493 e. The van der Waals surface area contributed by atoms with Crippen molar-refractivity contribution < 1.29 is 14.3 Å². The standard InChI is InChI=1S/C25H28N6O3/c1-18-4-8-22(26-17-18)27-23-9-10-24(29-28-23)30-12-14-31(15-13-30)25(32)11-6-19-5-7-20(33-2)21(16-19)34-3/h4-11,16-17H,12-15H2,1-3H3,(H,26,27,28)/b11-6+. The first-order valence-corrected chi connectivity index (χ1v) is 11.0. The predicted octanol–water partition coefficient (Wildman–Crippen LogP) is 3.30. The van der Waals surface area contributed by atoms with Crippen molar-refractivity contribution in [3.63, 3.8) is 0 Å². The first kappa shape index (κ1) is 23.0. The van der Waals surface area contributed by atoms with Crippen LogP contribution in [0, 0.1) is 6.92 Å². The van der Waals surface area contributed by atoms with E-state index in [-0.39, 0.29) is 5.91 Å². The fourth-order valence-electron chi connectivity index (χ4n) is 3.62. The molecule has 0 radical (unpaired) electrons. The number of aromatic nitrogens is 3. The molecule has 1 aromatic carbocycles. The second-order valence-corrected chi connectivity index (χ2v) is 7.88. The summed E-state index contributed by atoms with van der Waals surface area (Å²) in [6.45, 7) is 4.61. The van der Waals surface area contributed by atoms with Crippen molar-refractivity contribution in [2.75, 3.05) is 50.6 Å². The van der Waals surface area contributed by atoms with Crippen molar-refractivity contribution in [1.82, 2.24) is 20.1 Å². The lowest BCUT2D eigenvalue weighted by Gasteiger charge is -2.34. The predicted molar refractivity (Wildman–Crippen MR) is 132 cm³/mol. The first-order chi connectivity index (χ1) is 16.6. The minimum atomic E-state index is -0.0225. The summed E-state index contributed by atoms with van der Waals surface area (Å²) in [4.78, 5) is 20.9. The zero-order chi connectivity index (χ0) is 23.9. The highest BCUT2D eigenvalue weighted by molar-refractivity contribution is 5.92. The zero-order valence-electron chi connectivity index (χ0n) is 19.6. The van der Waals surface area contributed by atoms with Crippen molar-refractivity contribution >= 4 is 29.4 Å². The highest BCUT2D eigenvalue weighted by Crippen LogP contribution is 2.28. The SMILES string of the molecule is COc1ccc(/C=C/C(=O)N2CCN(c3ccc(Nc4ccc(C)cn4)nn3)CC2)cc1OC. The molecule has 1 aliphatic heterocycles. The van der Waals surface area contributed by atoms with Gasteiger partial charge in [0.15, 0.2) is 23.1 Å². The molecule has 1 amide bonds. The molecule has 0 saturated carbocycles. The van der Waals surface area contributed by atoms with Crippen LogP contribution in [0.5, 0.6) is 11.5 Å². The van der Waals surface area contributed by atoms with Gasteiger partial charge < -0.3 is 24.6 Å². The number of anilines is 3. The van der Waals surface area contributed by atoms with Gasteiger partial charge in [0.25, 0.3) is 0 Å². The summed E-state index contributed by atoms with van der Waals surface area (Å²) in [7, 11) is 3.18. The molecule has 3 heterocycles. The van der Waals surface area contributed by atoms with Crippen LogP contribution in [0.3, 0.4) is 0 Å². The molecule has 9 nitrogen and oxygen atoms in total. The third kappa shape index (κ3) is 5.61. The van der Waals surface area contributed by atoms with Gasteiger partial charge in [-0.15, -0.1) is 10.2 Å². The highest BCUT2D eigenvalue weighted by atomic mass is 16.5. The molecule has 0 aliphatic carbocycles. The number of hydrogen-bond donors (Lipinski definition) is 1. The Hall–Kier alpha value is -4.14. The van der Waals surface area contributed by atoms with E-state index in [2.05, 4.69) is 25.4 Å². The van der Waals surface area contributed by atoms with Crippen LogP contribution in [0.25, 0.3) is 6.08 Å². The number of pyridine rings is 1.